The molecule has 2 heterocycles. The molecule has 6 atom stereocenters. The minimum absolute atomic E-state index is 0.0268. The van der Waals surface area contributed by atoms with Crippen LogP contribution in [0.3, 0.4) is 0 Å². The Kier molecular flexibility index (Phi) is 4.92. The molecule has 32 heavy (non-hydrogen) atoms. The molecule has 6 N–H and O–H groups in total. The maximum atomic E-state index is 12.8. The van der Waals surface area contributed by atoms with Gasteiger partial charge in [-0.15, -0.1) is 0 Å². The lowest BCUT2D eigenvalue weighted by Gasteiger charge is -2.49. The number of carbonyl (C=O) groups excluding carboxylic acids is 2. The van der Waals surface area contributed by atoms with Crippen LogP contribution in [0.2, 0.25) is 0 Å². The van der Waals surface area contributed by atoms with E-state index in [0.717, 1.165) is 5.56 Å². The van der Waals surface area contributed by atoms with E-state index in [2.05, 4.69) is 10.6 Å². The summed E-state index contributed by atoms with van der Waals surface area (Å²) < 4.78 is 10.6. The van der Waals surface area contributed by atoms with E-state index in [0.29, 0.717) is 0 Å². The molecule has 2 amide bonds. The van der Waals surface area contributed by atoms with Crippen LogP contribution in [-0.2, 0) is 11.2 Å². The first-order chi connectivity index (χ1) is 15.4. The maximum Gasteiger partial charge on any atom is 0.255 e. The first-order valence-corrected chi connectivity index (χ1v) is 10.2. The highest BCUT2D eigenvalue weighted by atomic mass is 16.7. The quantitative estimate of drug-likeness (QED) is 0.358. The number of benzene rings is 2. The smallest absolute Gasteiger partial charge is 0.255 e. The molecular formula is C22H22N2O8. The average molecular weight is 442 g/mol. The zero-order valence-electron chi connectivity index (χ0n) is 16.8. The molecule has 10 heteroatoms. The van der Waals surface area contributed by atoms with Crippen LogP contribution in [-0.4, -0.2) is 69.4 Å². The third-order valence-electron chi connectivity index (χ3n) is 6.30. The van der Waals surface area contributed by atoms with Gasteiger partial charge in [0, 0.05) is 5.92 Å². The number of nitrogens with one attached hydrogen (secondary N) is 2. The van der Waals surface area contributed by atoms with Crippen molar-refractivity contribution in [3.63, 3.8) is 0 Å². The normalized spacial score (nSPS) is 30.2. The molecule has 2 aromatic carbocycles. The number of aromatic hydroxyl groups is 1. The summed E-state index contributed by atoms with van der Waals surface area (Å²) in [5, 5.41) is 47.7. The Morgan fingerprint density at radius 1 is 1.09 bits per heavy atom. The standard InChI is InChI=1S/C22H22N2O8/c25-12(6-9-4-2-1-3-5-9)23-15-13-10-7-11-21(32-8-31-11)17(26)14(10)22(30)24-16(13)19(28)20(29)18(15)27/h1-5,7,13,15-16,18-20,26-29H,6,8H2,(H,23,25)(H,24,30)/t13-,15+,16+,18-,19-,20+/m0/s1. The SMILES string of the molecule is O=C(Cc1ccccc1)N[C@H]1[C@H](O)[C@@H](O)[C@@H](O)[C@@H]2NC(=O)c3c(cc4c(c3O)OCO4)[C@@H]12. The van der Waals surface area contributed by atoms with Gasteiger partial charge in [-0.05, 0) is 17.2 Å². The second-order valence-electron chi connectivity index (χ2n) is 8.18. The predicted octanol–water partition coefficient (Wildman–Crippen LogP) is -0.860. The predicted molar refractivity (Wildman–Crippen MR) is 108 cm³/mol. The van der Waals surface area contributed by atoms with Crippen molar-refractivity contribution < 1.29 is 39.5 Å². The maximum absolute atomic E-state index is 12.8. The first kappa shape index (κ1) is 20.6. The van der Waals surface area contributed by atoms with Gasteiger partial charge < -0.3 is 40.5 Å². The van der Waals surface area contributed by atoms with Crippen LogP contribution in [0.4, 0.5) is 0 Å². The fourth-order valence-electron chi connectivity index (χ4n) is 4.80. The molecule has 2 aromatic rings. The molecule has 168 valence electrons. The van der Waals surface area contributed by atoms with Crippen molar-refractivity contribution in [2.45, 2.75) is 42.7 Å². The molecule has 10 nitrogen and oxygen atoms in total. The van der Waals surface area contributed by atoms with Gasteiger partial charge in [-0.25, -0.2) is 0 Å². The highest BCUT2D eigenvalue weighted by Crippen LogP contribution is 2.50. The van der Waals surface area contributed by atoms with Crippen LogP contribution in [0, 0.1) is 0 Å². The molecule has 5 rings (SSSR count). The van der Waals surface area contributed by atoms with Crippen LogP contribution in [0.15, 0.2) is 36.4 Å². The molecular weight excluding hydrogens is 420 g/mol. The van der Waals surface area contributed by atoms with Crippen molar-refractivity contribution in [2.24, 2.45) is 0 Å². The highest BCUT2D eigenvalue weighted by Gasteiger charge is 2.54. The second kappa shape index (κ2) is 7.66. The van der Waals surface area contributed by atoms with Crippen LogP contribution in [0.25, 0.3) is 0 Å². The molecule has 0 unspecified atom stereocenters. The minimum Gasteiger partial charge on any atom is -0.504 e. The number of hydrogen-bond donors (Lipinski definition) is 6. The summed E-state index contributed by atoms with van der Waals surface area (Å²) in [6, 6.07) is 8.41. The van der Waals surface area contributed by atoms with Crippen molar-refractivity contribution in [1.29, 1.82) is 0 Å². The Morgan fingerprint density at radius 3 is 2.59 bits per heavy atom. The molecule has 0 aromatic heterocycles. The van der Waals surface area contributed by atoms with Gasteiger partial charge >= 0.3 is 0 Å². The van der Waals surface area contributed by atoms with E-state index in [1.807, 2.05) is 6.07 Å². The van der Waals surface area contributed by atoms with Gasteiger partial charge in [0.1, 0.15) is 18.3 Å². The zero-order chi connectivity index (χ0) is 22.6. The van der Waals surface area contributed by atoms with E-state index >= 15 is 0 Å². The van der Waals surface area contributed by atoms with Gasteiger partial charge in [0.2, 0.25) is 18.4 Å². The lowest BCUT2D eigenvalue weighted by Crippen LogP contribution is -2.69. The lowest BCUT2D eigenvalue weighted by molar-refractivity contribution is -0.134. The zero-order valence-corrected chi connectivity index (χ0v) is 16.8. The summed E-state index contributed by atoms with van der Waals surface area (Å²) in [4.78, 5) is 25.5. The van der Waals surface area contributed by atoms with Gasteiger partial charge in [0.25, 0.3) is 5.91 Å². The number of aliphatic hydroxyl groups is 3. The van der Waals surface area contributed by atoms with Gasteiger partial charge in [0.15, 0.2) is 11.5 Å². The number of carbonyl (C=O) groups is 2. The van der Waals surface area contributed by atoms with Crippen molar-refractivity contribution in [3.05, 3.63) is 53.1 Å². The number of amides is 2. The number of hydrogen-bond acceptors (Lipinski definition) is 8. The Labute approximate surface area is 182 Å². The first-order valence-electron chi connectivity index (χ1n) is 10.2. The Hall–Kier alpha value is -3.34. The minimum atomic E-state index is -1.61. The summed E-state index contributed by atoms with van der Waals surface area (Å²) in [5.74, 6) is -2.12. The largest absolute Gasteiger partial charge is 0.504 e. The second-order valence-corrected chi connectivity index (χ2v) is 8.18. The number of rotatable bonds is 3. The molecule has 1 fully saturated rings. The van der Waals surface area contributed by atoms with Gasteiger partial charge in [0.05, 0.1) is 24.1 Å². The van der Waals surface area contributed by atoms with Crippen molar-refractivity contribution >= 4 is 11.8 Å². The van der Waals surface area contributed by atoms with E-state index in [1.54, 1.807) is 24.3 Å². The molecule has 1 aliphatic carbocycles. The molecule has 0 radical (unpaired) electrons. The summed E-state index contributed by atoms with van der Waals surface area (Å²) in [6.45, 7) is -0.136. The molecule has 1 saturated carbocycles. The number of aliphatic hydroxyl groups excluding tert-OH is 3. The molecule has 0 spiro atoms. The lowest BCUT2D eigenvalue weighted by atomic mass is 9.68. The number of phenols is 1. The van der Waals surface area contributed by atoms with E-state index in [9.17, 15) is 30.0 Å². The number of phenolic OH excluding ortho intramolecular Hbond substituents is 1. The fraction of sp³-hybridized carbons (Fsp3) is 0.364. The summed E-state index contributed by atoms with van der Waals surface area (Å²) in [6.07, 6.45) is -4.60. The van der Waals surface area contributed by atoms with E-state index in [4.69, 9.17) is 9.47 Å². The summed E-state index contributed by atoms with van der Waals surface area (Å²) in [5.41, 5.74) is 0.940. The Balaban J connectivity index is 1.54. The fourth-order valence-corrected chi connectivity index (χ4v) is 4.80. The number of ether oxygens (including phenoxy) is 2. The van der Waals surface area contributed by atoms with Gasteiger partial charge in [-0.2, -0.15) is 0 Å². The van der Waals surface area contributed by atoms with Crippen LogP contribution in [0.5, 0.6) is 17.2 Å². The Morgan fingerprint density at radius 2 is 1.84 bits per heavy atom. The molecule has 0 saturated heterocycles. The van der Waals surface area contributed by atoms with E-state index < -0.39 is 53.9 Å². The molecule has 0 bridgehead atoms. The van der Waals surface area contributed by atoms with E-state index in [-0.39, 0.29) is 35.8 Å². The highest BCUT2D eigenvalue weighted by molar-refractivity contribution is 6.01. The van der Waals surface area contributed by atoms with Crippen molar-refractivity contribution in [3.8, 4) is 17.2 Å². The third-order valence-corrected chi connectivity index (χ3v) is 6.30. The third kappa shape index (κ3) is 3.15. The molecule has 3 aliphatic rings. The molecule has 2 aliphatic heterocycles. The van der Waals surface area contributed by atoms with Crippen molar-refractivity contribution in [2.75, 3.05) is 6.79 Å². The topological polar surface area (TPSA) is 158 Å². The van der Waals surface area contributed by atoms with E-state index in [1.165, 1.54) is 6.07 Å². The van der Waals surface area contributed by atoms with Crippen molar-refractivity contribution in [1.82, 2.24) is 10.6 Å². The van der Waals surface area contributed by atoms with Gasteiger partial charge in [-0.3, -0.25) is 9.59 Å². The monoisotopic (exact) mass is 442 g/mol. The summed E-state index contributed by atoms with van der Waals surface area (Å²) in [7, 11) is 0. The Bertz CT molecular complexity index is 1080. The average Bonchev–Trinajstić information content (AvgIpc) is 3.25. The number of fused-ring (bicyclic) bond motifs is 4. The van der Waals surface area contributed by atoms with Crippen LogP contribution >= 0.6 is 0 Å². The van der Waals surface area contributed by atoms with Crippen LogP contribution in [0.1, 0.15) is 27.4 Å². The van der Waals surface area contributed by atoms with Gasteiger partial charge in [-0.1, -0.05) is 30.3 Å². The van der Waals surface area contributed by atoms with Crippen LogP contribution < -0.4 is 20.1 Å². The summed E-state index contributed by atoms with van der Waals surface area (Å²) >= 11 is 0.